The van der Waals surface area contributed by atoms with Crippen LogP contribution in [0.3, 0.4) is 0 Å². The normalized spacial score (nSPS) is 13.5. The van der Waals surface area contributed by atoms with Crippen LogP contribution in [0.1, 0.15) is 19.8 Å². The zero-order chi connectivity index (χ0) is 21.6. The molecule has 1 aromatic heterocycles. The van der Waals surface area contributed by atoms with Gasteiger partial charge in [-0.3, -0.25) is 4.98 Å². The van der Waals surface area contributed by atoms with Gasteiger partial charge in [-0.15, -0.1) is 11.6 Å². The van der Waals surface area contributed by atoms with E-state index in [4.69, 9.17) is 34.8 Å². The van der Waals surface area contributed by atoms with Crippen LogP contribution in [0, 0.1) is 0 Å². The molecule has 0 aliphatic heterocycles. The van der Waals surface area contributed by atoms with Crippen molar-refractivity contribution in [3.63, 3.8) is 0 Å². The predicted octanol–water partition coefficient (Wildman–Crippen LogP) is 5.29. The maximum absolute atomic E-state index is 12.3. The van der Waals surface area contributed by atoms with Crippen molar-refractivity contribution in [2.75, 3.05) is 25.0 Å². The maximum atomic E-state index is 12.3. The van der Waals surface area contributed by atoms with Gasteiger partial charge >= 0.3 is 0 Å². The Morgan fingerprint density at radius 3 is 2.79 bits per heavy atom. The Balaban J connectivity index is 1.95. The van der Waals surface area contributed by atoms with Crippen LogP contribution in [0.2, 0.25) is 5.02 Å². The molecule has 0 saturated carbocycles. The molecular weight excluding hydrogens is 453 g/mol. The van der Waals surface area contributed by atoms with E-state index >= 15 is 0 Å². The second-order valence-corrected chi connectivity index (χ2v) is 9.72. The van der Waals surface area contributed by atoms with Crippen LogP contribution in [-0.4, -0.2) is 38.9 Å². The van der Waals surface area contributed by atoms with E-state index in [1.807, 2.05) is 43.1 Å². The third-order valence-corrected chi connectivity index (χ3v) is 6.95. The summed E-state index contributed by atoms with van der Waals surface area (Å²) in [6.45, 7) is 6.35. The van der Waals surface area contributed by atoms with Gasteiger partial charge in [0.15, 0.2) is 0 Å². The summed E-state index contributed by atoms with van der Waals surface area (Å²) in [5, 5.41) is 1.31. The molecule has 29 heavy (non-hydrogen) atoms. The molecule has 0 saturated heterocycles. The highest BCUT2D eigenvalue weighted by molar-refractivity contribution is 7.93. The number of fused-ring (bicyclic) bond motifs is 1. The first-order chi connectivity index (χ1) is 13.7. The number of aromatic nitrogens is 1. The highest BCUT2D eigenvalue weighted by atomic mass is 35.5. The van der Waals surface area contributed by atoms with Crippen LogP contribution in [0.25, 0.3) is 10.9 Å². The molecule has 2 aromatic rings. The molecule has 0 radical (unpaired) electrons. The number of rotatable bonds is 10. The Morgan fingerprint density at radius 1 is 1.38 bits per heavy atom. The lowest BCUT2D eigenvalue weighted by Crippen LogP contribution is -2.29. The van der Waals surface area contributed by atoms with Gasteiger partial charge in [0, 0.05) is 42.4 Å². The van der Waals surface area contributed by atoms with Crippen LogP contribution in [-0.2, 0) is 10.0 Å². The first kappa shape index (κ1) is 24.0. The molecule has 158 valence electrons. The summed E-state index contributed by atoms with van der Waals surface area (Å²) in [6, 6.07) is 7.49. The second-order valence-electron chi connectivity index (χ2n) is 6.53. The molecule has 0 amide bonds. The number of hydrogen-bond acceptors (Lipinski definition) is 4. The van der Waals surface area contributed by atoms with Crippen molar-refractivity contribution in [1.82, 2.24) is 9.71 Å². The number of hydrogen-bond donors (Lipinski definition) is 1. The van der Waals surface area contributed by atoms with E-state index in [1.54, 1.807) is 6.20 Å². The minimum atomic E-state index is -3.76. The number of pyridine rings is 1. The lowest BCUT2D eigenvalue weighted by atomic mass is 10.1. The molecule has 1 N–H and O–H groups in total. The van der Waals surface area contributed by atoms with E-state index in [9.17, 15) is 8.42 Å². The van der Waals surface area contributed by atoms with E-state index in [0.29, 0.717) is 24.4 Å². The average Bonchev–Trinajstić information content (AvgIpc) is 2.69. The summed E-state index contributed by atoms with van der Waals surface area (Å²) in [7, 11) is -1.82. The van der Waals surface area contributed by atoms with E-state index < -0.39 is 10.0 Å². The predicted molar refractivity (Wildman–Crippen MR) is 125 cm³/mol. The van der Waals surface area contributed by atoms with Crippen molar-refractivity contribution >= 4 is 61.4 Å². The number of benzene rings is 1. The van der Waals surface area contributed by atoms with E-state index in [1.165, 1.54) is 6.08 Å². The quantitative estimate of drug-likeness (QED) is 0.287. The summed E-state index contributed by atoms with van der Waals surface area (Å²) < 4.78 is 27.2. The third kappa shape index (κ3) is 6.59. The minimum absolute atomic E-state index is 0.0402. The smallest absolute Gasteiger partial charge is 0.241 e. The van der Waals surface area contributed by atoms with Crippen molar-refractivity contribution in [3.05, 3.63) is 58.1 Å². The lowest BCUT2D eigenvalue weighted by Gasteiger charge is -2.21. The molecule has 5 nitrogen and oxygen atoms in total. The fourth-order valence-electron chi connectivity index (χ4n) is 2.67. The van der Waals surface area contributed by atoms with Gasteiger partial charge in [-0.2, -0.15) is 0 Å². The largest absolute Gasteiger partial charge is 0.374 e. The number of alkyl halides is 1. The Morgan fingerprint density at radius 2 is 2.10 bits per heavy atom. The van der Waals surface area contributed by atoms with Crippen molar-refractivity contribution in [2.45, 2.75) is 25.1 Å². The fraction of sp³-hybridized carbons (Fsp3) is 0.350. The zero-order valence-corrected chi connectivity index (χ0v) is 19.4. The van der Waals surface area contributed by atoms with Crippen molar-refractivity contribution in [2.24, 2.45) is 0 Å². The molecule has 1 heterocycles. The number of nitrogens with zero attached hydrogens (tertiary/aromatic N) is 2. The van der Waals surface area contributed by atoms with Gasteiger partial charge in [0.1, 0.15) is 0 Å². The SMILES string of the molecule is C=C(C(Cl)=CC(Cl)CC)S(=O)(=O)NCCCN(C)c1ccnc2cc(Cl)ccc12. The highest BCUT2D eigenvalue weighted by Gasteiger charge is 2.18. The zero-order valence-electron chi connectivity index (χ0n) is 16.3. The first-order valence-electron chi connectivity index (χ1n) is 9.11. The van der Waals surface area contributed by atoms with Gasteiger partial charge in [0.05, 0.1) is 20.8 Å². The van der Waals surface area contributed by atoms with Crippen molar-refractivity contribution < 1.29 is 8.42 Å². The van der Waals surface area contributed by atoms with Crippen LogP contribution < -0.4 is 9.62 Å². The Bertz CT molecular complexity index is 1010. The Hall–Kier alpha value is -1.31. The van der Waals surface area contributed by atoms with Crippen LogP contribution >= 0.6 is 34.8 Å². The molecular formula is C20H24Cl3N3O2S. The molecule has 1 atom stereocenters. The number of nitrogens with one attached hydrogen (secondary N) is 1. The van der Waals surface area contributed by atoms with E-state index in [0.717, 1.165) is 16.6 Å². The monoisotopic (exact) mass is 475 g/mol. The van der Waals surface area contributed by atoms with Gasteiger partial charge in [-0.25, -0.2) is 13.1 Å². The number of allylic oxidation sites excluding steroid dienone is 2. The number of sulfonamides is 1. The Kier molecular flexibility index (Phi) is 8.79. The van der Waals surface area contributed by atoms with Gasteiger partial charge in [0.25, 0.3) is 0 Å². The minimum Gasteiger partial charge on any atom is -0.374 e. The van der Waals surface area contributed by atoms with Crippen molar-refractivity contribution in [3.8, 4) is 0 Å². The summed E-state index contributed by atoms with van der Waals surface area (Å²) in [4.78, 5) is 6.21. The number of anilines is 1. The molecule has 0 spiro atoms. The average molecular weight is 477 g/mol. The molecule has 2 rings (SSSR count). The summed E-state index contributed by atoms with van der Waals surface area (Å²) >= 11 is 18.1. The maximum Gasteiger partial charge on any atom is 0.241 e. The van der Waals surface area contributed by atoms with Crippen LogP contribution in [0.4, 0.5) is 5.69 Å². The summed E-state index contributed by atoms with van der Waals surface area (Å²) in [6.07, 6.45) is 4.45. The lowest BCUT2D eigenvalue weighted by molar-refractivity contribution is 0.586. The topological polar surface area (TPSA) is 62.3 Å². The summed E-state index contributed by atoms with van der Waals surface area (Å²) in [5.41, 5.74) is 1.81. The van der Waals surface area contributed by atoms with E-state index in [2.05, 4.69) is 16.3 Å². The van der Waals surface area contributed by atoms with Gasteiger partial charge in [-0.1, -0.05) is 36.7 Å². The third-order valence-electron chi connectivity index (χ3n) is 4.36. The second kappa shape index (κ2) is 10.6. The molecule has 1 unspecified atom stereocenters. The Labute approximate surface area is 187 Å². The number of halogens is 3. The van der Waals surface area contributed by atoms with E-state index in [-0.39, 0.29) is 21.9 Å². The van der Waals surface area contributed by atoms with Gasteiger partial charge in [0.2, 0.25) is 10.0 Å². The molecule has 0 aliphatic carbocycles. The molecule has 9 heteroatoms. The van der Waals surface area contributed by atoms with Gasteiger partial charge in [-0.05, 0) is 43.2 Å². The first-order valence-corrected chi connectivity index (χ1v) is 11.8. The van der Waals surface area contributed by atoms with Crippen LogP contribution in [0.15, 0.2) is 53.1 Å². The van der Waals surface area contributed by atoms with Gasteiger partial charge < -0.3 is 4.90 Å². The fourth-order valence-corrected chi connectivity index (χ4v) is 4.39. The molecule has 0 aliphatic rings. The van der Waals surface area contributed by atoms with Crippen LogP contribution in [0.5, 0.6) is 0 Å². The standard InChI is InChI=1S/C20H24Cl3N3O2S/c1-4-15(21)12-18(23)14(2)29(27,28)25-9-5-11-26(3)20-8-10-24-19-13-16(22)6-7-17(19)20/h6-8,10,12-13,15,25H,2,4-5,9,11H2,1,3H3. The highest BCUT2D eigenvalue weighted by Crippen LogP contribution is 2.27. The molecule has 0 fully saturated rings. The van der Waals surface area contributed by atoms with Crippen molar-refractivity contribution in [1.29, 1.82) is 0 Å². The molecule has 0 bridgehead atoms. The summed E-state index contributed by atoms with van der Waals surface area (Å²) in [5.74, 6) is 0. The molecule has 1 aromatic carbocycles.